The first-order valence-corrected chi connectivity index (χ1v) is 6.94. The van der Waals surface area contributed by atoms with E-state index in [4.69, 9.17) is 4.74 Å². The van der Waals surface area contributed by atoms with Gasteiger partial charge in [0.05, 0.1) is 19.3 Å². The number of ether oxygens (including phenoxy) is 1. The zero-order valence-electron chi connectivity index (χ0n) is 11.8. The first kappa shape index (κ1) is 14.9. The lowest BCUT2D eigenvalue weighted by Crippen LogP contribution is -2.50. The van der Waals surface area contributed by atoms with Crippen LogP contribution in [0.15, 0.2) is 0 Å². The van der Waals surface area contributed by atoms with E-state index in [1.807, 2.05) is 0 Å². The van der Waals surface area contributed by atoms with Gasteiger partial charge in [0.1, 0.15) is 0 Å². The molecule has 0 amide bonds. The number of hydrogen-bond donors (Lipinski definition) is 2. The van der Waals surface area contributed by atoms with Gasteiger partial charge in [-0.15, -0.1) is 0 Å². The van der Waals surface area contributed by atoms with Crippen LogP contribution in [0.3, 0.4) is 0 Å². The summed E-state index contributed by atoms with van der Waals surface area (Å²) >= 11 is 0. The Balaban J connectivity index is 2.55. The third-order valence-corrected chi connectivity index (χ3v) is 4.06. The monoisotopic (exact) mass is 243 g/mol. The Morgan fingerprint density at radius 2 is 2.06 bits per heavy atom. The standard InChI is InChI=1S/C14H29NO2/c1-10(2)13-6-5-11(3)7-14(13)15-12(8-16)9-17-4/h10-16H,5-9H2,1-4H3. The summed E-state index contributed by atoms with van der Waals surface area (Å²) in [4.78, 5) is 0. The molecular weight excluding hydrogens is 214 g/mol. The zero-order valence-corrected chi connectivity index (χ0v) is 11.8. The lowest BCUT2D eigenvalue weighted by molar-refractivity contribution is 0.0924. The Bertz CT molecular complexity index is 208. The lowest BCUT2D eigenvalue weighted by atomic mass is 9.74. The van der Waals surface area contributed by atoms with Crippen molar-refractivity contribution in [1.29, 1.82) is 0 Å². The van der Waals surface area contributed by atoms with E-state index in [0.29, 0.717) is 18.6 Å². The molecule has 0 aromatic rings. The normalized spacial score (nSPS) is 31.8. The molecule has 3 heteroatoms. The van der Waals surface area contributed by atoms with E-state index in [0.717, 1.165) is 11.8 Å². The van der Waals surface area contributed by atoms with E-state index in [1.54, 1.807) is 7.11 Å². The summed E-state index contributed by atoms with van der Waals surface area (Å²) in [5.74, 6) is 2.24. The van der Waals surface area contributed by atoms with Crippen LogP contribution in [0.5, 0.6) is 0 Å². The van der Waals surface area contributed by atoms with E-state index < -0.39 is 0 Å². The second kappa shape index (κ2) is 7.34. The van der Waals surface area contributed by atoms with Crippen LogP contribution in [0.1, 0.15) is 40.0 Å². The molecule has 102 valence electrons. The largest absolute Gasteiger partial charge is 0.395 e. The minimum Gasteiger partial charge on any atom is -0.395 e. The number of methoxy groups -OCH3 is 1. The van der Waals surface area contributed by atoms with E-state index in [9.17, 15) is 5.11 Å². The van der Waals surface area contributed by atoms with E-state index in [1.165, 1.54) is 19.3 Å². The predicted octanol–water partition coefficient (Wildman–Crippen LogP) is 2.04. The third-order valence-electron chi connectivity index (χ3n) is 4.06. The molecule has 0 bridgehead atoms. The maximum absolute atomic E-state index is 9.34. The molecule has 4 atom stereocenters. The van der Waals surface area contributed by atoms with Crippen LogP contribution in [-0.2, 0) is 4.74 Å². The number of aliphatic hydroxyl groups is 1. The molecule has 3 nitrogen and oxygen atoms in total. The fraction of sp³-hybridized carbons (Fsp3) is 1.00. The molecule has 17 heavy (non-hydrogen) atoms. The molecule has 1 fully saturated rings. The van der Waals surface area contributed by atoms with Crippen molar-refractivity contribution < 1.29 is 9.84 Å². The fourth-order valence-corrected chi connectivity index (χ4v) is 3.05. The van der Waals surface area contributed by atoms with Gasteiger partial charge in [-0.1, -0.05) is 27.2 Å². The first-order chi connectivity index (χ1) is 8.08. The molecule has 1 saturated carbocycles. The van der Waals surface area contributed by atoms with Gasteiger partial charge in [0.15, 0.2) is 0 Å². The van der Waals surface area contributed by atoms with E-state index in [-0.39, 0.29) is 12.6 Å². The summed E-state index contributed by atoms with van der Waals surface area (Å²) in [7, 11) is 1.69. The second-order valence-electron chi connectivity index (χ2n) is 5.93. The van der Waals surface area contributed by atoms with Gasteiger partial charge in [0.25, 0.3) is 0 Å². The zero-order chi connectivity index (χ0) is 12.8. The molecule has 2 N–H and O–H groups in total. The average molecular weight is 243 g/mol. The van der Waals surface area contributed by atoms with Gasteiger partial charge in [-0.3, -0.25) is 0 Å². The third kappa shape index (κ3) is 4.57. The van der Waals surface area contributed by atoms with Gasteiger partial charge in [0, 0.05) is 13.2 Å². The highest BCUT2D eigenvalue weighted by atomic mass is 16.5. The number of rotatable bonds is 6. The highest BCUT2D eigenvalue weighted by Gasteiger charge is 2.31. The van der Waals surface area contributed by atoms with Crippen LogP contribution in [0, 0.1) is 17.8 Å². The van der Waals surface area contributed by atoms with Crippen molar-refractivity contribution >= 4 is 0 Å². The molecule has 1 rings (SSSR count). The quantitative estimate of drug-likeness (QED) is 0.750. The molecule has 0 spiro atoms. The number of hydrogen-bond acceptors (Lipinski definition) is 3. The molecule has 4 unspecified atom stereocenters. The molecular formula is C14H29NO2. The van der Waals surface area contributed by atoms with Crippen molar-refractivity contribution in [2.24, 2.45) is 17.8 Å². The van der Waals surface area contributed by atoms with Gasteiger partial charge in [-0.2, -0.15) is 0 Å². The van der Waals surface area contributed by atoms with E-state index in [2.05, 4.69) is 26.1 Å². The van der Waals surface area contributed by atoms with Crippen LogP contribution < -0.4 is 5.32 Å². The van der Waals surface area contributed by atoms with Crippen LogP contribution in [0.25, 0.3) is 0 Å². The first-order valence-electron chi connectivity index (χ1n) is 6.94. The summed E-state index contributed by atoms with van der Waals surface area (Å²) in [5, 5.41) is 12.9. The van der Waals surface area contributed by atoms with Gasteiger partial charge >= 0.3 is 0 Å². The summed E-state index contributed by atoms with van der Waals surface area (Å²) in [6, 6.07) is 0.614. The molecule has 1 aliphatic rings. The van der Waals surface area contributed by atoms with Crippen molar-refractivity contribution in [2.75, 3.05) is 20.3 Å². The predicted molar refractivity (Wildman–Crippen MR) is 71.0 cm³/mol. The molecule has 1 aliphatic carbocycles. The Labute approximate surface area is 106 Å². The fourth-order valence-electron chi connectivity index (χ4n) is 3.05. The van der Waals surface area contributed by atoms with Crippen molar-refractivity contribution in [1.82, 2.24) is 5.32 Å². The maximum atomic E-state index is 9.34. The second-order valence-corrected chi connectivity index (χ2v) is 5.93. The lowest BCUT2D eigenvalue weighted by Gasteiger charge is -2.39. The highest BCUT2D eigenvalue weighted by Crippen LogP contribution is 2.33. The van der Waals surface area contributed by atoms with Crippen LogP contribution in [0.2, 0.25) is 0 Å². The highest BCUT2D eigenvalue weighted by molar-refractivity contribution is 4.87. The van der Waals surface area contributed by atoms with Gasteiger partial charge < -0.3 is 15.2 Å². The van der Waals surface area contributed by atoms with Gasteiger partial charge in [0.2, 0.25) is 0 Å². The van der Waals surface area contributed by atoms with Crippen LogP contribution in [0.4, 0.5) is 0 Å². The Morgan fingerprint density at radius 3 is 2.59 bits per heavy atom. The van der Waals surface area contributed by atoms with Crippen molar-refractivity contribution in [3.63, 3.8) is 0 Å². The van der Waals surface area contributed by atoms with E-state index >= 15 is 0 Å². The van der Waals surface area contributed by atoms with Gasteiger partial charge in [-0.05, 0) is 30.6 Å². The molecule has 0 saturated heterocycles. The minimum absolute atomic E-state index is 0.0801. The van der Waals surface area contributed by atoms with Gasteiger partial charge in [-0.25, -0.2) is 0 Å². The summed E-state index contributed by atoms with van der Waals surface area (Å²) < 4.78 is 5.14. The summed E-state index contributed by atoms with van der Waals surface area (Å²) in [5.41, 5.74) is 0. The molecule has 0 heterocycles. The molecule has 0 aromatic heterocycles. The SMILES string of the molecule is COCC(CO)NC1CC(C)CCC1C(C)C. The van der Waals surface area contributed by atoms with Crippen LogP contribution >= 0.6 is 0 Å². The Hall–Kier alpha value is -0.120. The average Bonchev–Trinajstić information content (AvgIpc) is 2.28. The van der Waals surface area contributed by atoms with Crippen molar-refractivity contribution in [3.05, 3.63) is 0 Å². The van der Waals surface area contributed by atoms with Crippen LogP contribution in [-0.4, -0.2) is 37.5 Å². The number of aliphatic hydroxyl groups excluding tert-OH is 1. The van der Waals surface area contributed by atoms with Crippen molar-refractivity contribution in [3.8, 4) is 0 Å². The maximum Gasteiger partial charge on any atom is 0.0638 e. The summed E-state index contributed by atoms with van der Waals surface area (Å²) in [6.07, 6.45) is 3.87. The smallest absolute Gasteiger partial charge is 0.0638 e. The Morgan fingerprint density at radius 1 is 1.35 bits per heavy atom. The Kier molecular flexibility index (Phi) is 6.45. The molecule has 0 radical (unpaired) electrons. The number of nitrogens with one attached hydrogen (secondary N) is 1. The topological polar surface area (TPSA) is 41.5 Å². The summed E-state index contributed by atoms with van der Waals surface area (Å²) in [6.45, 7) is 7.68. The molecule has 0 aliphatic heterocycles. The minimum atomic E-state index is 0.0801. The molecule has 0 aromatic carbocycles. The van der Waals surface area contributed by atoms with Crippen molar-refractivity contribution in [2.45, 2.75) is 52.1 Å².